The lowest BCUT2D eigenvalue weighted by atomic mass is 9.68. The van der Waals surface area contributed by atoms with Gasteiger partial charge < -0.3 is 10.2 Å². The average Bonchev–Trinajstić information content (AvgIpc) is 2.40. The monoisotopic (exact) mass is 270 g/mol. The van der Waals surface area contributed by atoms with E-state index in [1.807, 2.05) is 0 Å². The zero-order valence-electron chi connectivity index (χ0n) is 10.4. The van der Waals surface area contributed by atoms with E-state index in [1.165, 1.54) is 0 Å². The molecule has 1 aromatic carbocycles. The van der Waals surface area contributed by atoms with Crippen LogP contribution < -0.4 is 0 Å². The average molecular weight is 270 g/mol. The molecule has 2 atom stereocenters. The molecular formula is C14H16F2O3. The molecule has 0 aromatic heterocycles. The molecule has 0 spiro atoms. The number of aliphatic carboxylic acids is 1. The highest BCUT2D eigenvalue weighted by molar-refractivity contribution is 5.77. The van der Waals surface area contributed by atoms with Gasteiger partial charge in [0.25, 0.3) is 0 Å². The van der Waals surface area contributed by atoms with Gasteiger partial charge in [0.05, 0.1) is 0 Å². The summed E-state index contributed by atoms with van der Waals surface area (Å²) in [5.41, 5.74) is -1.95. The van der Waals surface area contributed by atoms with Crippen molar-refractivity contribution in [3.8, 4) is 0 Å². The van der Waals surface area contributed by atoms with Gasteiger partial charge in [-0.1, -0.05) is 43.2 Å². The smallest absolute Gasteiger partial charge is 0.377 e. The molecular weight excluding hydrogens is 254 g/mol. The molecule has 1 saturated carbocycles. The van der Waals surface area contributed by atoms with Crippen molar-refractivity contribution >= 4 is 5.97 Å². The van der Waals surface area contributed by atoms with E-state index < -0.39 is 23.4 Å². The number of carbonyl (C=O) groups is 1. The summed E-state index contributed by atoms with van der Waals surface area (Å²) in [6.07, 6.45) is 1.27. The molecule has 0 bridgehead atoms. The minimum atomic E-state index is -4.14. The van der Waals surface area contributed by atoms with E-state index in [4.69, 9.17) is 5.11 Å². The van der Waals surface area contributed by atoms with Gasteiger partial charge in [0, 0.05) is 5.92 Å². The highest BCUT2D eigenvalue weighted by atomic mass is 19.3. The summed E-state index contributed by atoms with van der Waals surface area (Å²) in [5.74, 6) is -7.26. The molecule has 104 valence electrons. The fraction of sp³-hybridized carbons (Fsp3) is 0.500. The molecule has 3 nitrogen and oxygen atoms in total. The van der Waals surface area contributed by atoms with E-state index in [0.29, 0.717) is 24.8 Å². The molecule has 0 aliphatic heterocycles. The van der Waals surface area contributed by atoms with Crippen LogP contribution >= 0.6 is 0 Å². The van der Waals surface area contributed by atoms with E-state index in [2.05, 4.69) is 0 Å². The molecule has 1 aliphatic carbocycles. The number of carboxylic acid groups (broad SMARTS) is 1. The third kappa shape index (κ3) is 2.23. The van der Waals surface area contributed by atoms with Crippen molar-refractivity contribution in [2.24, 2.45) is 0 Å². The van der Waals surface area contributed by atoms with E-state index in [0.717, 1.165) is 0 Å². The molecule has 19 heavy (non-hydrogen) atoms. The fourth-order valence-corrected chi connectivity index (χ4v) is 2.84. The second kappa shape index (κ2) is 4.89. The maximum Gasteiger partial charge on any atom is 0.377 e. The van der Waals surface area contributed by atoms with Crippen LogP contribution in [-0.2, 0) is 4.79 Å². The molecule has 2 N–H and O–H groups in total. The maximum absolute atomic E-state index is 13.9. The van der Waals surface area contributed by atoms with Crippen molar-refractivity contribution in [1.82, 2.24) is 0 Å². The number of hydrogen-bond acceptors (Lipinski definition) is 2. The highest BCUT2D eigenvalue weighted by Crippen LogP contribution is 2.49. The number of alkyl halides is 2. The number of hydrogen-bond donors (Lipinski definition) is 2. The van der Waals surface area contributed by atoms with Crippen LogP contribution in [0, 0.1) is 0 Å². The minimum absolute atomic E-state index is 0.203. The number of rotatable bonds is 3. The summed E-state index contributed by atoms with van der Waals surface area (Å²) in [4.78, 5) is 10.8. The zero-order chi connectivity index (χ0) is 14.1. The summed E-state index contributed by atoms with van der Waals surface area (Å²) in [5, 5.41) is 19.1. The van der Waals surface area contributed by atoms with Crippen LogP contribution in [0.5, 0.6) is 0 Å². The second-order valence-electron chi connectivity index (χ2n) is 5.01. The lowest BCUT2D eigenvalue weighted by Crippen LogP contribution is -2.58. The van der Waals surface area contributed by atoms with E-state index >= 15 is 0 Å². The zero-order valence-corrected chi connectivity index (χ0v) is 10.4. The maximum atomic E-state index is 13.9. The summed E-state index contributed by atoms with van der Waals surface area (Å²) in [7, 11) is 0. The van der Waals surface area contributed by atoms with Crippen molar-refractivity contribution in [2.75, 3.05) is 0 Å². The van der Waals surface area contributed by atoms with Crippen LogP contribution in [0.2, 0.25) is 0 Å². The summed E-state index contributed by atoms with van der Waals surface area (Å²) >= 11 is 0. The van der Waals surface area contributed by atoms with Crippen molar-refractivity contribution < 1.29 is 23.8 Å². The van der Waals surface area contributed by atoms with E-state index in [9.17, 15) is 18.7 Å². The van der Waals surface area contributed by atoms with Crippen molar-refractivity contribution in [1.29, 1.82) is 0 Å². The summed E-state index contributed by atoms with van der Waals surface area (Å²) in [6, 6.07) is 8.45. The third-order valence-electron chi connectivity index (χ3n) is 3.89. The van der Waals surface area contributed by atoms with Gasteiger partial charge in [0.2, 0.25) is 0 Å². The molecule has 0 heterocycles. The van der Waals surface area contributed by atoms with E-state index in [1.54, 1.807) is 30.3 Å². The first kappa shape index (κ1) is 13.9. The number of benzene rings is 1. The molecule has 5 heteroatoms. The topological polar surface area (TPSA) is 57.5 Å². The largest absolute Gasteiger partial charge is 0.477 e. The molecule has 0 saturated heterocycles. The molecule has 1 aliphatic rings. The first-order valence-electron chi connectivity index (χ1n) is 6.28. The fourth-order valence-electron chi connectivity index (χ4n) is 2.84. The molecule has 1 aromatic rings. The number of halogens is 2. The van der Waals surface area contributed by atoms with Crippen molar-refractivity contribution in [2.45, 2.75) is 43.1 Å². The van der Waals surface area contributed by atoms with Gasteiger partial charge in [-0.2, -0.15) is 8.78 Å². The summed E-state index contributed by atoms with van der Waals surface area (Å²) in [6.45, 7) is 0. The van der Waals surface area contributed by atoms with Crippen LogP contribution in [0.25, 0.3) is 0 Å². The standard InChI is InChI=1S/C14H16F2O3/c15-14(16,12(17)18)13(19)9-5-4-8-11(13)10-6-2-1-3-7-10/h1-3,6-7,11,19H,4-5,8-9H2,(H,17,18). The SMILES string of the molecule is O=C(O)C(F)(F)C1(O)CCCCC1c1ccccc1. The lowest BCUT2D eigenvalue weighted by Gasteiger charge is -2.43. The van der Waals surface area contributed by atoms with E-state index in [-0.39, 0.29) is 6.42 Å². The normalized spacial score (nSPS) is 28.1. The van der Waals surface area contributed by atoms with Crippen LogP contribution in [-0.4, -0.2) is 27.7 Å². The molecule has 2 unspecified atom stereocenters. The molecule has 2 rings (SSSR count). The van der Waals surface area contributed by atoms with Crippen LogP contribution in [0.1, 0.15) is 37.2 Å². The predicted molar refractivity (Wildman–Crippen MR) is 65.2 cm³/mol. The van der Waals surface area contributed by atoms with Crippen LogP contribution in [0.4, 0.5) is 8.78 Å². The molecule has 1 fully saturated rings. The quantitative estimate of drug-likeness (QED) is 0.888. The second-order valence-corrected chi connectivity index (χ2v) is 5.01. The minimum Gasteiger partial charge on any atom is -0.477 e. The van der Waals surface area contributed by atoms with Gasteiger partial charge in [0.15, 0.2) is 0 Å². The first-order chi connectivity index (χ1) is 8.89. The first-order valence-corrected chi connectivity index (χ1v) is 6.28. The Morgan fingerprint density at radius 2 is 1.89 bits per heavy atom. The number of carboxylic acids is 1. The van der Waals surface area contributed by atoms with Crippen LogP contribution in [0.3, 0.4) is 0 Å². The van der Waals surface area contributed by atoms with Gasteiger partial charge in [0.1, 0.15) is 5.60 Å². The third-order valence-corrected chi connectivity index (χ3v) is 3.89. The van der Waals surface area contributed by atoms with Crippen LogP contribution in [0.15, 0.2) is 30.3 Å². The Bertz CT molecular complexity index is 461. The number of aliphatic hydroxyl groups is 1. The predicted octanol–water partition coefficient (Wildman–Crippen LogP) is 2.80. The van der Waals surface area contributed by atoms with Crippen molar-refractivity contribution in [3.05, 3.63) is 35.9 Å². The Morgan fingerprint density at radius 1 is 1.26 bits per heavy atom. The van der Waals surface area contributed by atoms with Gasteiger partial charge in [-0.15, -0.1) is 0 Å². The van der Waals surface area contributed by atoms with Gasteiger partial charge >= 0.3 is 11.9 Å². The summed E-state index contributed by atoms with van der Waals surface area (Å²) < 4.78 is 27.8. The van der Waals surface area contributed by atoms with Gasteiger partial charge in [-0.05, 0) is 18.4 Å². The Hall–Kier alpha value is -1.49. The molecule has 0 radical (unpaired) electrons. The lowest BCUT2D eigenvalue weighted by molar-refractivity contribution is -0.221. The Balaban J connectivity index is 2.43. The van der Waals surface area contributed by atoms with Gasteiger partial charge in [-0.3, -0.25) is 0 Å². The highest BCUT2D eigenvalue weighted by Gasteiger charge is 2.63. The Labute approximate surface area is 109 Å². The Kier molecular flexibility index (Phi) is 3.58. The van der Waals surface area contributed by atoms with Gasteiger partial charge in [-0.25, -0.2) is 4.79 Å². The van der Waals surface area contributed by atoms with Crippen molar-refractivity contribution in [3.63, 3.8) is 0 Å². The molecule has 0 amide bonds. The Morgan fingerprint density at radius 3 is 2.47 bits per heavy atom.